The Hall–Kier alpha value is -3.73. The first-order chi connectivity index (χ1) is 16.4. The smallest absolute Gasteiger partial charge is 0.281 e. The van der Waals surface area contributed by atoms with Crippen LogP contribution in [0.5, 0.6) is 0 Å². The number of methoxy groups -OCH3 is 1. The molecule has 0 aliphatic heterocycles. The lowest BCUT2D eigenvalue weighted by atomic mass is 10.2. The third-order valence-electron chi connectivity index (χ3n) is 4.81. The van der Waals surface area contributed by atoms with Crippen LogP contribution in [0.1, 0.15) is 28.7 Å². The number of hydrazine groups is 2. The summed E-state index contributed by atoms with van der Waals surface area (Å²) in [6, 6.07) is 11.3. The molecule has 0 saturated carbocycles. The Morgan fingerprint density at radius 2 is 2.00 bits per heavy atom. The standard InChI is InChI=1S/C23H29N7O2.CH5N/c1-5-29(2)28-23(31)22-14-17-13-18(6-7-20(17)26-22)27-30(3)11-9-19(24)21-12-16(15-32-4)8-10-25-21;1-2/h6-14,24,26-27H,5,15H2,1-4H3,(H,28,31);2H2,1H3/b11-9-,24-19?;. The minimum atomic E-state index is -0.179. The van der Waals surface area contributed by atoms with Gasteiger partial charge in [-0.15, -0.1) is 0 Å². The molecule has 2 heterocycles. The molecule has 0 aliphatic rings. The van der Waals surface area contributed by atoms with Crippen molar-refractivity contribution >= 4 is 28.2 Å². The molecule has 0 spiro atoms. The number of benzene rings is 1. The molecule has 0 unspecified atom stereocenters. The van der Waals surface area contributed by atoms with Crippen LogP contribution in [0.15, 0.2) is 54.9 Å². The number of nitrogens with two attached hydrogens (primary N) is 1. The Morgan fingerprint density at radius 3 is 2.71 bits per heavy atom. The summed E-state index contributed by atoms with van der Waals surface area (Å²) in [5.41, 5.74) is 14.6. The molecule has 0 aliphatic carbocycles. The number of anilines is 1. The molecule has 3 rings (SSSR count). The number of aromatic amines is 1. The number of carbonyl (C=O) groups excluding carboxylic acids is 1. The van der Waals surface area contributed by atoms with Crippen LogP contribution in [-0.4, -0.2) is 66.4 Å². The summed E-state index contributed by atoms with van der Waals surface area (Å²) >= 11 is 0. The molecule has 0 atom stereocenters. The lowest BCUT2D eigenvalue weighted by molar-refractivity contribution is 0.0830. The van der Waals surface area contributed by atoms with Gasteiger partial charge in [-0.2, -0.15) is 0 Å². The molecule has 10 heteroatoms. The van der Waals surface area contributed by atoms with Crippen molar-refractivity contribution in [2.45, 2.75) is 13.5 Å². The highest BCUT2D eigenvalue weighted by Crippen LogP contribution is 2.20. The number of rotatable bonds is 10. The molecule has 6 N–H and O–H groups in total. The molecule has 0 bridgehead atoms. The van der Waals surface area contributed by atoms with Gasteiger partial charge in [0.25, 0.3) is 5.91 Å². The molecule has 10 nitrogen and oxygen atoms in total. The van der Waals surface area contributed by atoms with Gasteiger partial charge in [0, 0.05) is 51.0 Å². The van der Waals surface area contributed by atoms with E-state index >= 15 is 0 Å². The summed E-state index contributed by atoms with van der Waals surface area (Å²) in [4.78, 5) is 19.7. The summed E-state index contributed by atoms with van der Waals surface area (Å²) < 4.78 is 5.13. The van der Waals surface area contributed by atoms with Crippen molar-refractivity contribution < 1.29 is 9.53 Å². The lowest BCUT2D eigenvalue weighted by Gasteiger charge is -2.17. The van der Waals surface area contributed by atoms with E-state index in [1.165, 1.54) is 7.05 Å². The number of hydrogen-bond donors (Lipinski definition) is 5. The first-order valence-corrected chi connectivity index (χ1v) is 10.8. The van der Waals surface area contributed by atoms with Gasteiger partial charge in [0.1, 0.15) is 5.69 Å². The predicted octanol–water partition coefficient (Wildman–Crippen LogP) is 2.72. The topological polar surface area (TPSA) is 135 Å². The van der Waals surface area contributed by atoms with Crippen molar-refractivity contribution in [2.75, 3.05) is 40.2 Å². The fourth-order valence-corrected chi connectivity index (χ4v) is 3.03. The summed E-state index contributed by atoms with van der Waals surface area (Å²) in [6.07, 6.45) is 5.11. The Labute approximate surface area is 200 Å². The summed E-state index contributed by atoms with van der Waals surface area (Å²) in [5.74, 6) is -0.179. The molecular formula is C24H34N8O2. The minimum Gasteiger partial charge on any atom is -0.380 e. The van der Waals surface area contributed by atoms with Gasteiger partial charge in [0.05, 0.1) is 23.7 Å². The number of fused-ring (bicyclic) bond motifs is 1. The van der Waals surface area contributed by atoms with Gasteiger partial charge in [-0.25, -0.2) is 5.01 Å². The van der Waals surface area contributed by atoms with Crippen molar-refractivity contribution in [3.63, 3.8) is 0 Å². The molecule has 0 radical (unpaired) electrons. The van der Waals surface area contributed by atoms with E-state index in [1.54, 1.807) is 35.6 Å². The Balaban J connectivity index is 0.00000199. The average Bonchev–Trinajstić information content (AvgIpc) is 3.28. The second-order valence-corrected chi connectivity index (χ2v) is 7.37. The summed E-state index contributed by atoms with van der Waals surface area (Å²) in [5, 5.41) is 12.7. The zero-order chi connectivity index (χ0) is 25.1. The Kier molecular flexibility index (Phi) is 10.2. The van der Waals surface area contributed by atoms with Crippen LogP contribution in [0.2, 0.25) is 0 Å². The highest BCUT2D eigenvalue weighted by Gasteiger charge is 2.11. The van der Waals surface area contributed by atoms with E-state index in [0.29, 0.717) is 30.3 Å². The molecule has 1 aromatic carbocycles. The van der Waals surface area contributed by atoms with Crippen LogP contribution in [0.25, 0.3) is 10.9 Å². The maximum absolute atomic E-state index is 12.3. The number of pyridine rings is 1. The molecule has 0 fully saturated rings. The first-order valence-electron chi connectivity index (χ1n) is 10.8. The quantitative estimate of drug-likeness (QED) is 0.229. The van der Waals surface area contributed by atoms with E-state index in [1.807, 2.05) is 57.4 Å². The molecule has 2 aromatic heterocycles. The number of ether oxygens (including phenoxy) is 1. The van der Waals surface area contributed by atoms with Crippen LogP contribution in [0, 0.1) is 5.41 Å². The SMILES string of the molecule is CCN(C)NC(=O)c1cc2cc(NN(C)/C=C\C(=N)c3cc(COC)ccn3)ccc2[nH]1.CN. The van der Waals surface area contributed by atoms with Gasteiger partial charge in [-0.05, 0) is 55.1 Å². The van der Waals surface area contributed by atoms with Gasteiger partial charge >= 0.3 is 0 Å². The van der Waals surface area contributed by atoms with E-state index < -0.39 is 0 Å². The van der Waals surface area contributed by atoms with Crippen molar-refractivity contribution in [3.8, 4) is 0 Å². The van der Waals surface area contributed by atoms with Crippen molar-refractivity contribution in [2.24, 2.45) is 5.73 Å². The van der Waals surface area contributed by atoms with Gasteiger partial charge in [-0.1, -0.05) is 6.92 Å². The van der Waals surface area contributed by atoms with Gasteiger partial charge in [0.2, 0.25) is 0 Å². The fourth-order valence-electron chi connectivity index (χ4n) is 3.03. The van der Waals surface area contributed by atoms with Gasteiger partial charge in [0.15, 0.2) is 0 Å². The predicted molar refractivity (Wildman–Crippen MR) is 136 cm³/mol. The third kappa shape index (κ3) is 7.41. The van der Waals surface area contributed by atoms with E-state index in [9.17, 15) is 4.79 Å². The maximum Gasteiger partial charge on any atom is 0.281 e. The van der Waals surface area contributed by atoms with Crippen LogP contribution >= 0.6 is 0 Å². The largest absolute Gasteiger partial charge is 0.380 e. The van der Waals surface area contributed by atoms with Crippen molar-refractivity contribution in [1.82, 2.24) is 25.4 Å². The number of amides is 1. The van der Waals surface area contributed by atoms with E-state index in [4.69, 9.17) is 10.1 Å². The molecule has 34 heavy (non-hydrogen) atoms. The number of H-pyrrole nitrogens is 1. The van der Waals surface area contributed by atoms with Crippen LogP contribution in [0.3, 0.4) is 0 Å². The first kappa shape index (κ1) is 26.5. The summed E-state index contributed by atoms with van der Waals surface area (Å²) in [6.45, 7) is 3.16. The number of nitrogens with one attached hydrogen (secondary N) is 4. The molecule has 1 amide bonds. The molecule has 182 valence electrons. The number of nitrogens with zero attached hydrogens (tertiary/aromatic N) is 3. The zero-order valence-electron chi connectivity index (χ0n) is 20.3. The number of allylic oxidation sites excluding steroid dienone is 1. The van der Waals surface area contributed by atoms with Crippen LogP contribution in [-0.2, 0) is 11.3 Å². The van der Waals surface area contributed by atoms with Crippen LogP contribution < -0.4 is 16.6 Å². The number of carbonyl (C=O) groups is 1. The highest BCUT2D eigenvalue weighted by molar-refractivity contribution is 6.05. The minimum absolute atomic E-state index is 0.179. The lowest BCUT2D eigenvalue weighted by Crippen LogP contribution is -2.39. The molecule has 0 saturated heterocycles. The van der Waals surface area contributed by atoms with E-state index in [0.717, 1.165) is 22.2 Å². The van der Waals surface area contributed by atoms with Crippen molar-refractivity contribution in [3.05, 3.63) is 71.8 Å². The Bertz CT molecular complexity index is 1130. The third-order valence-corrected chi connectivity index (χ3v) is 4.81. The zero-order valence-corrected chi connectivity index (χ0v) is 20.3. The average molecular weight is 467 g/mol. The van der Waals surface area contributed by atoms with E-state index in [-0.39, 0.29) is 5.91 Å². The van der Waals surface area contributed by atoms with Crippen molar-refractivity contribution in [1.29, 1.82) is 5.41 Å². The Morgan fingerprint density at radius 1 is 1.24 bits per heavy atom. The second-order valence-electron chi connectivity index (χ2n) is 7.37. The fraction of sp³-hybridized carbons (Fsp3) is 0.292. The maximum atomic E-state index is 12.3. The second kappa shape index (κ2) is 13.1. The highest BCUT2D eigenvalue weighted by atomic mass is 16.5. The van der Waals surface area contributed by atoms with Crippen LogP contribution in [0.4, 0.5) is 5.69 Å². The van der Waals surface area contributed by atoms with E-state index in [2.05, 4.69) is 26.6 Å². The summed E-state index contributed by atoms with van der Waals surface area (Å²) in [7, 11) is 6.80. The van der Waals surface area contributed by atoms with Gasteiger partial charge in [-0.3, -0.25) is 31.0 Å². The molecular weight excluding hydrogens is 432 g/mol. The molecule has 3 aromatic rings. The number of hydrogen-bond acceptors (Lipinski definition) is 8. The number of aromatic nitrogens is 2. The normalized spacial score (nSPS) is 10.8. The monoisotopic (exact) mass is 466 g/mol. The van der Waals surface area contributed by atoms with Gasteiger partial charge < -0.3 is 15.5 Å².